The Morgan fingerprint density at radius 2 is 1.94 bits per heavy atom. The lowest BCUT2D eigenvalue weighted by Gasteiger charge is -2.49. The molecule has 2 nitrogen and oxygen atoms in total. The molecule has 0 aliphatic carbocycles. The Morgan fingerprint density at radius 3 is 2.50 bits per heavy atom. The zero-order valence-corrected chi connectivity index (χ0v) is 10.00. The molecule has 2 saturated heterocycles. The van der Waals surface area contributed by atoms with Gasteiger partial charge in [0.15, 0.2) is 0 Å². The van der Waals surface area contributed by atoms with Crippen LogP contribution < -0.4 is 10.2 Å². The fourth-order valence-electron chi connectivity index (χ4n) is 2.90. The molecule has 86 valence electrons. The van der Waals surface area contributed by atoms with Crippen LogP contribution in [0.2, 0.25) is 0 Å². The molecule has 1 aromatic rings. The molecule has 2 fully saturated rings. The van der Waals surface area contributed by atoms with Crippen LogP contribution >= 0.6 is 0 Å². The van der Waals surface area contributed by atoms with Gasteiger partial charge in [-0.1, -0.05) is 12.1 Å². The summed E-state index contributed by atoms with van der Waals surface area (Å²) in [4.78, 5) is 2.54. The fraction of sp³-hybridized carbons (Fsp3) is 0.571. The van der Waals surface area contributed by atoms with Crippen LogP contribution in [0, 0.1) is 12.3 Å². The predicted octanol–water partition coefficient (Wildman–Crippen LogP) is 2.18. The van der Waals surface area contributed by atoms with E-state index in [1.54, 1.807) is 0 Å². The summed E-state index contributed by atoms with van der Waals surface area (Å²) in [6.45, 7) is 7.12. The van der Waals surface area contributed by atoms with E-state index in [2.05, 4.69) is 41.4 Å². The van der Waals surface area contributed by atoms with E-state index in [0.717, 1.165) is 0 Å². The van der Waals surface area contributed by atoms with Gasteiger partial charge in [-0.2, -0.15) is 0 Å². The van der Waals surface area contributed by atoms with Crippen LogP contribution in [0.1, 0.15) is 18.4 Å². The Bertz CT molecular complexity index is 372. The van der Waals surface area contributed by atoms with E-state index >= 15 is 0 Å². The standard InChI is InChI=1S/C14H20N2/c1-12-3-2-4-13(9-12)16-7-5-14(6-8-16)10-15-11-14/h2-4,9,15H,5-8,10-11H2,1H3. The zero-order chi connectivity index (χ0) is 11.0. The molecule has 0 aromatic heterocycles. The maximum atomic E-state index is 3.42. The maximum absolute atomic E-state index is 3.42. The van der Waals surface area contributed by atoms with Crippen molar-refractivity contribution in [1.29, 1.82) is 0 Å². The van der Waals surface area contributed by atoms with E-state index in [4.69, 9.17) is 0 Å². The number of piperidine rings is 1. The Hall–Kier alpha value is -1.02. The van der Waals surface area contributed by atoms with Crippen LogP contribution in [0.5, 0.6) is 0 Å². The summed E-state index contributed by atoms with van der Waals surface area (Å²) in [5, 5.41) is 3.42. The molecular weight excluding hydrogens is 196 g/mol. The quantitative estimate of drug-likeness (QED) is 0.774. The lowest BCUT2D eigenvalue weighted by Crippen LogP contribution is -2.58. The third kappa shape index (κ3) is 1.71. The molecular formula is C14H20N2. The zero-order valence-electron chi connectivity index (χ0n) is 10.00. The number of benzene rings is 1. The highest BCUT2D eigenvalue weighted by Crippen LogP contribution is 2.36. The molecule has 2 aliphatic heterocycles. The van der Waals surface area contributed by atoms with Gasteiger partial charge in [0.25, 0.3) is 0 Å². The van der Waals surface area contributed by atoms with Crippen molar-refractivity contribution < 1.29 is 0 Å². The highest BCUT2D eigenvalue weighted by Gasteiger charge is 2.39. The van der Waals surface area contributed by atoms with Gasteiger partial charge in [0.1, 0.15) is 0 Å². The molecule has 1 aromatic carbocycles. The summed E-state index contributed by atoms with van der Waals surface area (Å²) in [6.07, 6.45) is 2.71. The van der Waals surface area contributed by atoms with Gasteiger partial charge in [0.05, 0.1) is 0 Å². The fourth-order valence-corrected chi connectivity index (χ4v) is 2.90. The number of nitrogens with zero attached hydrogens (tertiary/aromatic N) is 1. The summed E-state index contributed by atoms with van der Waals surface area (Å²) in [5.41, 5.74) is 3.42. The van der Waals surface area contributed by atoms with Crippen LogP contribution in [0.4, 0.5) is 5.69 Å². The molecule has 1 N–H and O–H groups in total. The Morgan fingerprint density at radius 1 is 1.19 bits per heavy atom. The van der Waals surface area contributed by atoms with Crippen molar-refractivity contribution in [3.63, 3.8) is 0 Å². The molecule has 0 bridgehead atoms. The summed E-state index contributed by atoms with van der Waals surface area (Å²) < 4.78 is 0. The van der Waals surface area contributed by atoms with Gasteiger partial charge in [0.2, 0.25) is 0 Å². The largest absolute Gasteiger partial charge is 0.371 e. The Labute approximate surface area is 97.6 Å². The number of hydrogen-bond donors (Lipinski definition) is 1. The number of hydrogen-bond acceptors (Lipinski definition) is 2. The van der Waals surface area contributed by atoms with Gasteiger partial charge in [-0.25, -0.2) is 0 Å². The van der Waals surface area contributed by atoms with E-state index in [1.165, 1.54) is 50.3 Å². The molecule has 2 aliphatic rings. The molecule has 0 unspecified atom stereocenters. The normalized spacial score (nSPS) is 23.2. The van der Waals surface area contributed by atoms with E-state index in [0.29, 0.717) is 5.41 Å². The van der Waals surface area contributed by atoms with Gasteiger partial charge < -0.3 is 10.2 Å². The van der Waals surface area contributed by atoms with Crippen LogP contribution in [0.15, 0.2) is 24.3 Å². The molecule has 2 heterocycles. The molecule has 16 heavy (non-hydrogen) atoms. The highest BCUT2D eigenvalue weighted by atomic mass is 15.2. The van der Waals surface area contributed by atoms with Gasteiger partial charge in [-0.05, 0) is 42.9 Å². The number of aryl methyl sites for hydroxylation is 1. The van der Waals surface area contributed by atoms with Crippen molar-refractivity contribution >= 4 is 5.69 Å². The van der Waals surface area contributed by atoms with Crippen LogP contribution in [0.25, 0.3) is 0 Å². The van der Waals surface area contributed by atoms with Gasteiger partial charge in [-0.15, -0.1) is 0 Å². The number of anilines is 1. The van der Waals surface area contributed by atoms with Gasteiger partial charge in [-0.3, -0.25) is 0 Å². The third-order valence-corrected chi connectivity index (χ3v) is 4.19. The van der Waals surface area contributed by atoms with Gasteiger partial charge >= 0.3 is 0 Å². The Kier molecular flexibility index (Phi) is 2.40. The van der Waals surface area contributed by atoms with Crippen molar-refractivity contribution in [2.45, 2.75) is 19.8 Å². The van der Waals surface area contributed by atoms with Crippen LogP contribution in [-0.4, -0.2) is 26.2 Å². The molecule has 0 saturated carbocycles. The Balaban J connectivity index is 1.69. The summed E-state index contributed by atoms with van der Waals surface area (Å²) >= 11 is 0. The SMILES string of the molecule is Cc1cccc(N2CCC3(CC2)CNC3)c1. The number of nitrogens with one attached hydrogen (secondary N) is 1. The smallest absolute Gasteiger partial charge is 0.0368 e. The second kappa shape index (κ2) is 3.77. The molecule has 2 heteroatoms. The van der Waals surface area contributed by atoms with E-state index < -0.39 is 0 Å². The van der Waals surface area contributed by atoms with Gasteiger partial charge in [0, 0.05) is 31.9 Å². The lowest BCUT2D eigenvalue weighted by atomic mass is 9.73. The van der Waals surface area contributed by atoms with E-state index in [9.17, 15) is 0 Å². The van der Waals surface area contributed by atoms with Crippen LogP contribution in [0.3, 0.4) is 0 Å². The molecule has 0 atom stereocenters. The average molecular weight is 216 g/mol. The first kappa shape index (κ1) is 10.2. The molecule has 1 spiro atoms. The van der Waals surface area contributed by atoms with Crippen molar-refractivity contribution in [2.24, 2.45) is 5.41 Å². The maximum Gasteiger partial charge on any atom is 0.0368 e. The first-order chi connectivity index (χ1) is 7.77. The minimum Gasteiger partial charge on any atom is -0.371 e. The molecule has 0 amide bonds. The monoisotopic (exact) mass is 216 g/mol. The van der Waals surface area contributed by atoms with Crippen molar-refractivity contribution in [3.8, 4) is 0 Å². The van der Waals surface area contributed by atoms with Crippen molar-refractivity contribution in [2.75, 3.05) is 31.1 Å². The van der Waals surface area contributed by atoms with E-state index in [-0.39, 0.29) is 0 Å². The molecule has 3 rings (SSSR count). The first-order valence-corrected chi connectivity index (χ1v) is 6.30. The summed E-state index contributed by atoms with van der Waals surface area (Å²) in [7, 11) is 0. The topological polar surface area (TPSA) is 15.3 Å². The van der Waals surface area contributed by atoms with E-state index in [1.807, 2.05) is 0 Å². The summed E-state index contributed by atoms with van der Waals surface area (Å²) in [5.74, 6) is 0. The minimum absolute atomic E-state index is 0.653. The third-order valence-electron chi connectivity index (χ3n) is 4.19. The first-order valence-electron chi connectivity index (χ1n) is 6.30. The van der Waals surface area contributed by atoms with Crippen molar-refractivity contribution in [1.82, 2.24) is 5.32 Å². The lowest BCUT2D eigenvalue weighted by molar-refractivity contribution is 0.126. The highest BCUT2D eigenvalue weighted by molar-refractivity contribution is 5.48. The second-order valence-corrected chi connectivity index (χ2v) is 5.43. The second-order valence-electron chi connectivity index (χ2n) is 5.43. The predicted molar refractivity (Wildman–Crippen MR) is 67.9 cm³/mol. The van der Waals surface area contributed by atoms with Crippen molar-refractivity contribution in [3.05, 3.63) is 29.8 Å². The summed E-state index contributed by atoms with van der Waals surface area (Å²) in [6, 6.07) is 8.88. The number of rotatable bonds is 1. The van der Waals surface area contributed by atoms with Crippen LogP contribution in [-0.2, 0) is 0 Å². The average Bonchev–Trinajstić information content (AvgIpc) is 2.27. The molecule has 0 radical (unpaired) electrons. The minimum atomic E-state index is 0.653.